The number of para-hydroxylation sites is 1. The summed E-state index contributed by atoms with van der Waals surface area (Å²) >= 11 is 0. The van der Waals surface area contributed by atoms with Crippen LogP contribution in [0.5, 0.6) is 0 Å². The molecule has 160 valence electrons. The molecule has 1 saturated carbocycles. The number of anilines is 1. The maximum atomic E-state index is 13.0. The van der Waals surface area contributed by atoms with Crippen LogP contribution in [0.1, 0.15) is 63.2 Å². The van der Waals surface area contributed by atoms with Crippen LogP contribution in [0.15, 0.2) is 30.5 Å². The molecule has 0 radical (unpaired) electrons. The van der Waals surface area contributed by atoms with Crippen LogP contribution in [0.2, 0.25) is 0 Å². The number of nitrogens with zero attached hydrogens (tertiary/aromatic N) is 1. The number of carbonyl (C=O) groups is 2. The third kappa shape index (κ3) is 4.73. The molecule has 1 aromatic carbocycles. The lowest BCUT2D eigenvalue weighted by Gasteiger charge is -2.28. The van der Waals surface area contributed by atoms with Gasteiger partial charge in [0, 0.05) is 17.9 Å². The molecule has 1 atom stereocenters. The van der Waals surface area contributed by atoms with Gasteiger partial charge >= 0.3 is 0 Å². The van der Waals surface area contributed by atoms with Crippen LogP contribution in [0.3, 0.4) is 0 Å². The Kier molecular flexibility index (Phi) is 6.47. The average molecular weight is 410 g/mol. The van der Waals surface area contributed by atoms with Crippen LogP contribution < -0.4 is 16.4 Å². The third-order valence-corrected chi connectivity index (χ3v) is 6.43. The highest BCUT2D eigenvalue weighted by Gasteiger charge is 2.28. The Bertz CT molecular complexity index is 885. The van der Waals surface area contributed by atoms with E-state index < -0.39 is 0 Å². The lowest BCUT2D eigenvalue weighted by Crippen LogP contribution is -2.37. The van der Waals surface area contributed by atoms with E-state index in [1.165, 1.54) is 0 Å². The number of aromatic amines is 1. The highest BCUT2D eigenvalue weighted by molar-refractivity contribution is 5.95. The molecular formula is C23H31N5O2. The predicted molar refractivity (Wildman–Crippen MR) is 117 cm³/mol. The van der Waals surface area contributed by atoms with Crippen molar-refractivity contribution in [1.29, 1.82) is 0 Å². The molecular weight excluding hydrogens is 378 g/mol. The molecule has 1 fully saturated rings. The molecule has 1 aliphatic carbocycles. The normalized spacial score (nSPS) is 24.7. The van der Waals surface area contributed by atoms with E-state index in [2.05, 4.69) is 20.6 Å². The van der Waals surface area contributed by atoms with Gasteiger partial charge in [0.15, 0.2) is 0 Å². The number of H-pyrrole nitrogens is 1. The summed E-state index contributed by atoms with van der Waals surface area (Å²) in [7, 11) is 0. The summed E-state index contributed by atoms with van der Waals surface area (Å²) in [5.41, 5.74) is 8.29. The SMILES string of the molecule is NCC1CCC(C(=O)NC2CCCCC(=O)Nc3ccccc3-c3cnc2[nH]3)CC1. The highest BCUT2D eigenvalue weighted by Crippen LogP contribution is 2.31. The van der Waals surface area contributed by atoms with Crippen molar-refractivity contribution >= 4 is 17.5 Å². The summed E-state index contributed by atoms with van der Waals surface area (Å²) in [4.78, 5) is 33.2. The maximum Gasteiger partial charge on any atom is 0.224 e. The van der Waals surface area contributed by atoms with Crippen LogP contribution in [-0.4, -0.2) is 28.3 Å². The Balaban J connectivity index is 1.53. The lowest BCUT2D eigenvalue weighted by molar-refractivity contribution is -0.127. The zero-order valence-corrected chi connectivity index (χ0v) is 17.3. The monoisotopic (exact) mass is 409 g/mol. The summed E-state index contributed by atoms with van der Waals surface area (Å²) in [6.45, 7) is 0.710. The van der Waals surface area contributed by atoms with Gasteiger partial charge < -0.3 is 21.4 Å². The number of fused-ring (bicyclic) bond motifs is 4. The Labute approximate surface area is 177 Å². The Morgan fingerprint density at radius 2 is 1.93 bits per heavy atom. The molecule has 1 unspecified atom stereocenters. The fourth-order valence-electron chi connectivity index (χ4n) is 4.55. The average Bonchev–Trinajstić information content (AvgIpc) is 3.25. The Morgan fingerprint density at radius 1 is 1.13 bits per heavy atom. The van der Waals surface area contributed by atoms with Crippen molar-refractivity contribution < 1.29 is 9.59 Å². The second-order valence-electron chi connectivity index (χ2n) is 8.54. The van der Waals surface area contributed by atoms with Crippen LogP contribution in [0.25, 0.3) is 11.3 Å². The standard InChI is InChI=1S/C23H31N5O2/c24-13-15-9-11-16(12-10-15)23(30)28-19-7-3-4-8-21(29)26-18-6-2-1-5-17(18)20-14-25-22(19)27-20/h1-2,5-6,14-16,19H,3-4,7-13,24H2,(H,25,27)(H,26,29)(H,28,30). The number of carbonyl (C=O) groups excluding carboxylic acids is 2. The van der Waals surface area contributed by atoms with E-state index >= 15 is 0 Å². The van der Waals surface area contributed by atoms with Crippen LogP contribution in [0, 0.1) is 11.8 Å². The maximum absolute atomic E-state index is 13.0. The third-order valence-electron chi connectivity index (χ3n) is 6.43. The van der Waals surface area contributed by atoms with Crippen molar-refractivity contribution in [1.82, 2.24) is 15.3 Å². The number of benzene rings is 1. The number of rotatable bonds is 3. The zero-order chi connectivity index (χ0) is 20.9. The predicted octanol–water partition coefficient (Wildman–Crippen LogP) is 3.51. The zero-order valence-electron chi connectivity index (χ0n) is 17.3. The van der Waals surface area contributed by atoms with Crippen molar-refractivity contribution in [2.24, 2.45) is 17.6 Å². The van der Waals surface area contributed by atoms with Gasteiger partial charge in [-0.1, -0.05) is 24.6 Å². The number of amides is 2. The van der Waals surface area contributed by atoms with Crippen LogP contribution in [-0.2, 0) is 9.59 Å². The first-order valence-electron chi connectivity index (χ1n) is 11.1. The summed E-state index contributed by atoms with van der Waals surface area (Å²) in [6.07, 6.45) is 8.47. The molecule has 5 N–H and O–H groups in total. The van der Waals surface area contributed by atoms with Gasteiger partial charge in [-0.3, -0.25) is 9.59 Å². The number of aromatic nitrogens is 2. The number of nitrogens with two attached hydrogens (primary N) is 1. The lowest BCUT2D eigenvalue weighted by atomic mass is 9.81. The number of hydrogen-bond donors (Lipinski definition) is 4. The first-order chi connectivity index (χ1) is 14.6. The van der Waals surface area contributed by atoms with E-state index in [1.807, 2.05) is 24.3 Å². The van der Waals surface area contributed by atoms with Gasteiger partial charge in [-0.2, -0.15) is 0 Å². The molecule has 2 aliphatic rings. The van der Waals surface area contributed by atoms with E-state index in [4.69, 9.17) is 5.73 Å². The van der Waals surface area contributed by atoms with E-state index in [9.17, 15) is 9.59 Å². The van der Waals surface area contributed by atoms with Gasteiger partial charge in [-0.15, -0.1) is 0 Å². The minimum atomic E-state index is -0.173. The Morgan fingerprint density at radius 3 is 2.73 bits per heavy atom. The van der Waals surface area contributed by atoms with Crippen molar-refractivity contribution in [3.63, 3.8) is 0 Å². The summed E-state index contributed by atoms with van der Waals surface area (Å²) < 4.78 is 0. The number of hydrogen-bond acceptors (Lipinski definition) is 4. The molecule has 2 heterocycles. The molecule has 30 heavy (non-hydrogen) atoms. The molecule has 4 rings (SSSR count). The van der Waals surface area contributed by atoms with Gasteiger partial charge in [-0.25, -0.2) is 4.98 Å². The largest absolute Gasteiger partial charge is 0.346 e. The Hall–Kier alpha value is -2.67. The first-order valence-corrected chi connectivity index (χ1v) is 11.1. The quantitative estimate of drug-likeness (QED) is 0.621. The molecule has 1 aliphatic heterocycles. The molecule has 0 spiro atoms. The second kappa shape index (κ2) is 9.43. The van der Waals surface area contributed by atoms with Crippen molar-refractivity contribution in [2.75, 3.05) is 11.9 Å². The van der Waals surface area contributed by atoms with Gasteiger partial charge in [0.1, 0.15) is 5.82 Å². The van der Waals surface area contributed by atoms with Gasteiger partial charge in [0.05, 0.1) is 23.6 Å². The van der Waals surface area contributed by atoms with Gasteiger partial charge in [-0.05, 0) is 57.1 Å². The van der Waals surface area contributed by atoms with Crippen LogP contribution in [0.4, 0.5) is 5.69 Å². The molecule has 1 aromatic heterocycles. The van der Waals surface area contributed by atoms with E-state index in [1.54, 1.807) is 6.20 Å². The first kappa shape index (κ1) is 20.6. The summed E-state index contributed by atoms with van der Waals surface area (Å²) in [6, 6.07) is 7.53. The number of imidazole rings is 1. The molecule has 2 amide bonds. The molecule has 0 saturated heterocycles. The van der Waals surface area contributed by atoms with E-state index in [0.717, 1.165) is 67.7 Å². The smallest absolute Gasteiger partial charge is 0.224 e. The van der Waals surface area contributed by atoms with E-state index in [0.29, 0.717) is 18.9 Å². The molecule has 7 heteroatoms. The number of nitrogens with one attached hydrogen (secondary N) is 3. The topological polar surface area (TPSA) is 113 Å². The van der Waals surface area contributed by atoms with E-state index in [-0.39, 0.29) is 23.8 Å². The highest BCUT2D eigenvalue weighted by atomic mass is 16.2. The minimum absolute atomic E-state index is 0.0139. The minimum Gasteiger partial charge on any atom is -0.346 e. The van der Waals surface area contributed by atoms with Gasteiger partial charge in [0.2, 0.25) is 11.8 Å². The van der Waals surface area contributed by atoms with Gasteiger partial charge in [0.25, 0.3) is 0 Å². The van der Waals surface area contributed by atoms with Crippen molar-refractivity contribution in [2.45, 2.75) is 57.4 Å². The summed E-state index contributed by atoms with van der Waals surface area (Å²) in [5.74, 6) is 1.50. The van der Waals surface area contributed by atoms with Crippen molar-refractivity contribution in [3.05, 3.63) is 36.3 Å². The fraction of sp³-hybridized carbons (Fsp3) is 0.522. The fourth-order valence-corrected chi connectivity index (χ4v) is 4.55. The molecule has 2 bridgehead atoms. The van der Waals surface area contributed by atoms with Crippen molar-refractivity contribution in [3.8, 4) is 11.3 Å². The van der Waals surface area contributed by atoms with Crippen LogP contribution >= 0.6 is 0 Å². The second-order valence-corrected chi connectivity index (χ2v) is 8.54. The summed E-state index contributed by atoms with van der Waals surface area (Å²) in [5, 5.41) is 6.25. The molecule has 2 aromatic rings. The molecule has 7 nitrogen and oxygen atoms in total.